The highest BCUT2D eigenvalue weighted by Crippen LogP contribution is 2.26. The lowest BCUT2D eigenvalue weighted by Crippen LogP contribution is -2.16. The number of ether oxygens (including phenoxy) is 1. The van der Waals surface area contributed by atoms with Gasteiger partial charge in [0.1, 0.15) is 0 Å². The molecule has 0 atom stereocenters. The van der Waals surface area contributed by atoms with Gasteiger partial charge < -0.3 is 14.7 Å². The van der Waals surface area contributed by atoms with Gasteiger partial charge in [0.25, 0.3) is 0 Å². The zero-order valence-electron chi connectivity index (χ0n) is 9.86. The van der Waals surface area contributed by atoms with E-state index in [1.165, 1.54) is 13.2 Å². The molecule has 4 heteroatoms. The number of Topliss-reactive ketones (excluding diaryl/α,β-unsaturated/α-hetero) is 1. The summed E-state index contributed by atoms with van der Waals surface area (Å²) in [5, 5.41) is 9.39. The van der Waals surface area contributed by atoms with Crippen molar-refractivity contribution < 1.29 is 14.6 Å². The molecule has 0 unspecified atom stereocenters. The Balaban J connectivity index is 2.76. The number of carbonyl (C=O) groups is 1. The number of hydrogen-bond donors (Lipinski definition) is 1. The molecule has 0 radical (unpaired) electrons. The maximum absolute atomic E-state index is 11.8. The van der Waals surface area contributed by atoms with E-state index in [2.05, 4.69) is 0 Å². The summed E-state index contributed by atoms with van der Waals surface area (Å²) in [6.45, 7) is 0.710. The van der Waals surface area contributed by atoms with Crippen LogP contribution in [-0.2, 0) is 0 Å². The van der Waals surface area contributed by atoms with Crippen molar-refractivity contribution in [2.75, 3.05) is 27.7 Å². The SMILES string of the molecule is COc1cc(C(=O)CCN(C)C)ccc1O. The normalized spacial score (nSPS) is 10.5. The van der Waals surface area contributed by atoms with Crippen molar-refractivity contribution >= 4 is 5.78 Å². The van der Waals surface area contributed by atoms with Crippen molar-refractivity contribution in [3.8, 4) is 11.5 Å². The van der Waals surface area contributed by atoms with Crippen LogP contribution in [0.4, 0.5) is 0 Å². The lowest BCUT2D eigenvalue weighted by atomic mass is 10.1. The van der Waals surface area contributed by atoms with Crippen LogP contribution in [0, 0.1) is 0 Å². The molecule has 1 N–H and O–H groups in total. The van der Waals surface area contributed by atoms with Gasteiger partial charge in [0.2, 0.25) is 0 Å². The van der Waals surface area contributed by atoms with E-state index in [0.29, 0.717) is 24.3 Å². The van der Waals surface area contributed by atoms with Gasteiger partial charge >= 0.3 is 0 Å². The highest BCUT2D eigenvalue weighted by Gasteiger charge is 2.09. The second-order valence-electron chi connectivity index (χ2n) is 3.86. The molecule has 1 aromatic carbocycles. The van der Waals surface area contributed by atoms with Crippen molar-refractivity contribution in [3.05, 3.63) is 23.8 Å². The standard InChI is InChI=1S/C12H17NO3/c1-13(2)7-6-10(14)9-4-5-11(15)12(8-9)16-3/h4-5,8,15H,6-7H2,1-3H3. The number of aromatic hydroxyl groups is 1. The molecule has 16 heavy (non-hydrogen) atoms. The van der Waals surface area contributed by atoms with Crippen LogP contribution in [0.3, 0.4) is 0 Å². The molecule has 0 saturated carbocycles. The number of phenols is 1. The number of ketones is 1. The summed E-state index contributed by atoms with van der Waals surface area (Å²) in [6.07, 6.45) is 0.459. The molecular formula is C12H17NO3. The Bertz CT molecular complexity index is 375. The molecular weight excluding hydrogens is 206 g/mol. The zero-order chi connectivity index (χ0) is 12.1. The van der Waals surface area contributed by atoms with Crippen LogP contribution in [0.1, 0.15) is 16.8 Å². The summed E-state index contributed by atoms with van der Waals surface area (Å²) >= 11 is 0. The third-order valence-electron chi connectivity index (χ3n) is 2.29. The van der Waals surface area contributed by atoms with Crippen molar-refractivity contribution in [2.45, 2.75) is 6.42 Å². The van der Waals surface area contributed by atoms with Gasteiger partial charge in [-0.1, -0.05) is 0 Å². The number of nitrogens with zero attached hydrogens (tertiary/aromatic N) is 1. The molecule has 0 spiro atoms. The summed E-state index contributed by atoms with van der Waals surface area (Å²) in [6, 6.07) is 4.64. The fraction of sp³-hybridized carbons (Fsp3) is 0.417. The Morgan fingerprint density at radius 1 is 1.44 bits per heavy atom. The minimum atomic E-state index is 0.0478. The number of carbonyl (C=O) groups excluding carboxylic acids is 1. The van der Waals surface area contributed by atoms with Gasteiger partial charge in [0, 0.05) is 18.5 Å². The molecule has 88 valence electrons. The maximum atomic E-state index is 11.8. The van der Waals surface area contributed by atoms with E-state index in [4.69, 9.17) is 4.74 Å². The fourth-order valence-corrected chi connectivity index (χ4v) is 1.32. The summed E-state index contributed by atoms with van der Waals surface area (Å²) in [5.74, 6) is 0.425. The van der Waals surface area contributed by atoms with Crippen LogP contribution >= 0.6 is 0 Å². The van der Waals surface area contributed by atoms with Crippen LogP contribution in [0.25, 0.3) is 0 Å². The molecule has 4 nitrogen and oxygen atoms in total. The lowest BCUT2D eigenvalue weighted by Gasteiger charge is -2.09. The van der Waals surface area contributed by atoms with Crippen LogP contribution in [0.5, 0.6) is 11.5 Å². The smallest absolute Gasteiger partial charge is 0.164 e. The highest BCUT2D eigenvalue weighted by molar-refractivity contribution is 5.96. The number of benzene rings is 1. The van der Waals surface area contributed by atoms with Crippen molar-refractivity contribution in [3.63, 3.8) is 0 Å². The molecule has 0 amide bonds. The van der Waals surface area contributed by atoms with E-state index in [1.807, 2.05) is 19.0 Å². The summed E-state index contributed by atoms with van der Waals surface area (Å²) in [4.78, 5) is 13.7. The van der Waals surface area contributed by atoms with Gasteiger partial charge in [-0.3, -0.25) is 4.79 Å². The summed E-state index contributed by atoms with van der Waals surface area (Å²) in [7, 11) is 5.30. The van der Waals surface area contributed by atoms with E-state index >= 15 is 0 Å². The molecule has 0 aromatic heterocycles. The Hall–Kier alpha value is -1.55. The van der Waals surface area contributed by atoms with Gasteiger partial charge in [-0.2, -0.15) is 0 Å². The monoisotopic (exact) mass is 223 g/mol. The van der Waals surface area contributed by atoms with Gasteiger partial charge in [0.05, 0.1) is 7.11 Å². The van der Waals surface area contributed by atoms with Crippen LogP contribution in [0.2, 0.25) is 0 Å². The molecule has 1 rings (SSSR count). The Kier molecular flexibility index (Phi) is 4.31. The first kappa shape index (κ1) is 12.5. The zero-order valence-corrected chi connectivity index (χ0v) is 9.86. The third kappa shape index (κ3) is 3.24. The lowest BCUT2D eigenvalue weighted by molar-refractivity contribution is 0.0972. The van der Waals surface area contributed by atoms with Crippen molar-refractivity contribution in [1.29, 1.82) is 0 Å². The number of rotatable bonds is 5. The molecule has 1 aromatic rings. The average Bonchev–Trinajstić information content (AvgIpc) is 2.26. The Morgan fingerprint density at radius 3 is 2.69 bits per heavy atom. The molecule has 0 heterocycles. The minimum Gasteiger partial charge on any atom is -0.504 e. The minimum absolute atomic E-state index is 0.0478. The first-order chi connectivity index (χ1) is 7.54. The molecule has 0 fully saturated rings. The van der Waals surface area contributed by atoms with Crippen LogP contribution in [-0.4, -0.2) is 43.5 Å². The topological polar surface area (TPSA) is 49.8 Å². The Labute approximate surface area is 95.5 Å². The van der Waals surface area contributed by atoms with Gasteiger partial charge in [-0.15, -0.1) is 0 Å². The molecule has 0 bridgehead atoms. The molecule has 0 saturated heterocycles. The molecule has 0 aliphatic carbocycles. The largest absolute Gasteiger partial charge is 0.504 e. The van der Waals surface area contributed by atoms with E-state index in [1.54, 1.807) is 12.1 Å². The van der Waals surface area contributed by atoms with Crippen molar-refractivity contribution in [1.82, 2.24) is 4.90 Å². The third-order valence-corrected chi connectivity index (χ3v) is 2.29. The van der Waals surface area contributed by atoms with Crippen LogP contribution in [0.15, 0.2) is 18.2 Å². The highest BCUT2D eigenvalue weighted by atomic mass is 16.5. The van der Waals surface area contributed by atoms with Crippen molar-refractivity contribution in [2.24, 2.45) is 0 Å². The second-order valence-corrected chi connectivity index (χ2v) is 3.86. The van der Waals surface area contributed by atoms with E-state index in [-0.39, 0.29) is 11.5 Å². The number of methoxy groups -OCH3 is 1. The summed E-state index contributed by atoms with van der Waals surface area (Å²) < 4.78 is 4.95. The summed E-state index contributed by atoms with van der Waals surface area (Å²) in [5.41, 5.74) is 0.566. The average molecular weight is 223 g/mol. The number of phenolic OH excluding ortho intramolecular Hbond substituents is 1. The van der Waals surface area contributed by atoms with Gasteiger partial charge in [-0.05, 0) is 32.3 Å². The quantitative estimate of drug-likeness (QED) is 0.769. The number of hydrogen-bond acceptors (Lipinski definition) is 4. The van der Waals surface area contributed by atoms with E-state index in [0.717, 1.165) is 0 Å². The van der Waals surface area contributed by atoms with E-state index in [9.17, 15) is 9.90 Å². The first-order valence-electron chi connectivity index (χ1n) is 5.09. The predicted molar refractivity (Wildman–Crippen MR) is 62.2 cm³/mol. The Morgan fingerprint density at radius 2 is 2.12 bits per heavy atom. The fourth-order valence-electron chi connectivity index (χ4n) is 1.32. The van der Waals surface area contributed by atoms with Crippen LogP contribution < -0.4 is 4.74 Å². The maximum Gasteiger partial charge on any atom is 0.164 e. The first-order valence-corrected chi connectivity index (χ1v) is 5.09. The molecule has 0 aliphatic heterocycles. The van der Waals surface area contributed by atoms with Gasteiger partial charge in [0.15, 0.2) is 17.3 Å². The predicted octanol–water partition coefficient (Wildman–Crippen LogP) is 1.54. The van der Waals surface area contributed by atoms with E-state index < -0.39 is 0 Å². The van der Waals surface area contributed by atoms with Gasteiger partial charge in [-0.25, -0.2) is 0 Å². The molecule has 0 aliphatic rings. The second kappa shape index (κ2) is 5.51.